The molecule has 5 nitrogen and oxygen atoms in total. The number of aromatic nitrogens is 1. The van der Waals surface area contributed by atoms with Gasteiger partial charge in [0.15, 0.2) is 0 Å². The number of nitrogens with one attached hydrogen (secondary N) is 2. The van der Waals surface area contributed by atoms with Crippen LogP contribution in [0.15, 0.2) is 66.7 Å². The molecule has 0 aliphatic carbocycles. The number of anilines is 1. The number of rotatable bonds is 5. The molecular weight excluding hydrogens is 345 g/mol. The highest BCUT2D eigenvalue weighted by Gasteiger charge is 2.12. The summed E-state index contributed by atoms with van der Waals surface area (Å²) in [5, 5.41) is 5.45. The van der Waals surface area contributed by atoms with E-state index in [1.165, 1.54) is 18.2 Å². The zero-order valence-corrected chi connectivity index (χ0v) is 14.7. The highest BCUT2D eigenvalue weighted by atomic mass is 19.1. The average molecular weight is 363 g/mol. The Kier molecular flexibility index (Phi) is 5.56. The molecule has 0 aliphatic rings. The fourth-order valence-corrected chi connectivity index (χ4v) is 2.39. The minimum atomic E-state index is -0.413. The molecule has 0 unspecified atom stereocenters. The third-order valence-electron chi connectivity index (χ3n) is 3.89. The van der Waals surface area contributed by atoms with Crippen molar-refractivity contribution in [2.75, 3.05) is 5.32 Å². The lowest BCUT2D eigenvalue weighted by molar-refractivity contribution is 0.0945. The van der Waals surface area contributed by atoms with Crippen LogP contribution in [0.25, 0.3) is 0 Å². The highest BCUT2D eigenvalue weighted by molar-refractivity contribution is 6.03. The predicted octanol–water partition coefficient (Wildman–Crippen LogP) is 3.71. The van der Waals surface area contributed by atoms with Crippen molar-refractivity contribution in [3.05, 3.63) is 95.1 Å². The topological polar surface area (TPSA) is 71.1 Å². The summed E-state index contributed by atoms with van der Waals surface area (Å²) in [6, 6.07) is 17.9. The second-order valence-electron chi connectivity index (χ2n) is 6.04. The van der Waals surface area contributed by atoms with Crippen molar-refractivity contribution < 1.29 is 14.0 Å². The van der Waals surface area contributed by atoms with Crippen LogP contribution < -0.4 is 10.6 Å². The molecular formula is C21H18FN3O2. The Balaban J connectivity index is 1.65. The Bertz CT molecular complexity index is 954. The van der Waals surface area contributed by atoms with E-state index >= 15 is 0 Å². The van der Waals surface area contributed by atoms with Crippen molar-refractivity contribution in [1.29, 1.82) is 0 Å². The van der Waals surface area contributed by atoms with Crippen LogP contribution in [0.2, 0.25) is 0 Å². The van der Waals surface area contributed by atoms with Gasteiger partial charge < -0.3 is 10.6 Å². The fourth-order valence-electron chi connectivity index (χ4n) is 2.39. The monoisotopic (exact) mass is 363 g/mol. The molecule has 0 fully saturated rings. The maximum atomic E-state index is 12.9. The summed E-state index contributed by atoms with van der Waals surface area (Å²) in [5.74, 6) is -1.14. The van der Waals surface area contributed by atoms with E-state index in [1.807, 2.05) is 19.1 Å². The first-order chi connectivity index (χ1) is 13.0. The number of pyridine rings is 1. The number of benzene rings is 2. The van der Waals surface area contributed by atoms with Crippen LogP contribution in [-0.2, 0) is 6.54 Å². The van der Waals surface area contributed by atoms with Gasteiger partial charge in [-0.15, -0.1) is 0 Å². The number of hydrogen-bond donors (Lipinski definition) is 2. The first-order valence-corrected chi connectivity index (χ1v) is 8.39. The van der Waals surface area contributed by atoms with Gasteiger partial charge in [0, 0.05) is 12.2 Å². The van der Waals surface area contributed by atoms with Gasteiger partial charge >= 0.3 is 0 Å². The summed E-state index contributed by atoms with van der Waals surface area (Å²) in [6.07, 6.45) is 0. The molecule has 0 bridgehead atoms. The van der Waals surface area contributed by atoms with Crippen LogP contribution in [0.5, 0.6) is 0 Å². The van der Waals surface area contributed by atoms with E-state index in [0.29, 0.717) is 5.69 Å². The van der Waals surface area contributed by atoms with Gasteiger partial charge in [-0.1, -0.05) is 35.9 Å². The van der Waals surface area contributed by atoms with E-state index in [9.17, 15) is 14.0 Å². The number of carbonyl (C=O) groups excluding carboxylic acids is 2. The quantitative estimate of drug-likeness (QED) is 0.726. The number of nitrogens with zero attached hydrogens (tertiary/aromatic N) is 1. The lowest BCUT2D eigenvalue weighted by Gasteiger charge is -2.08. The summed E-state index contributed by atoms with van der Waals surface area (Å²) >= 11 is 0. The van der Waals surface area contributed by atoms with E-state index in [1.54, 1.807) is 36.4 Å². The van der Waals surface area contributed by atoms with Crippen LogP contribution in [0.1, 0.15) is 32.1 Å². The second-order valence-corrected chi connectivity index (χ2v) is 6.04. The van der Waals surface area contributed by atoms with E-state index in [0.717, 1.165) is 11.1 Å². The van der Waals surface area contributed by atoms with Crippen LogP contribution >= 0.6 is 0 Å². The molecule has 27 heavy (non-hydrogen) atoms. The van der Waals surface area contributed by atoms with Crippen molar-refractivity contribution in [1.82, 2.24) is 10.3 Å². The summed E-state index contributed by atoms with van der Waals surface area (Å²) in [4.78, 5) is 28.7. The first-order valence-electron chi connectivity index (χ1n) is 8.39. The van der Waals surface area contributed by atoms with E-state index in [4.69, 9.17) is 0 Å². The largest absolute Gasteiger partial charge is 0.347 e. The Labute approximate surface area is 156 Å². The average Bonchev–Trinajstić information content (AvgIpc) is 2.69. The first kappa shape index (κ1) is 18.3. The van der Waals surface area contributed by atoms with Gasteiger partial charge in [0.05, 0.1) is 0 Å². The Morgan fingerprint density at radius 1 is 0.889 bits per heavy atom. The number of halogens is 1. The van der Waals surface area contributed by atoms with Crippen molar-refractivity contribution >= 4 is 17.5 Å². The zero-order valence-electron chi connectivity index (χ0n) is 14.7. The predicted molar refractivity (Wildman–Crippen MR) is 101 cm³/mol. The van der Waals surface area contributed by atoms with Crippen molar-refractivity contribution in [3.63, 3.8) is 0 Å². The number of aryl methyl sites for hydroxylation is 1. The van der Waals surface area contributed by atoms with Crippen LogP contribution in [0.3, 0.4) is 0 Å². The molecule has 3 rings (SSSR count). The van der Waals surface area contributed by atoms with Gasteiger partial charge in [0.2, 0.25) is 0 Å². The maximum absolute atomic E-state index is 12.9. The molecule has 0 spiro atoms. The second kappa shape index (κ2) is 8.23. The Hall–Kier alpha value is -3.54. The standard InChI is InChI=1S/C21H18FN3O2/c1-14-5-11-17(12-6-14)24-21(27)19-4-2-3-18(25-19)20(26)23-13-15-7-9-16(22)10-8-15/h2-12H,13H2,1H3,(H,23,26)(H,24,27). The van der Waals surface area contributed by atoms with Crippen molar-refractivity contribution in [2.45, 2.75) is 13.5 Å². The van der Waals surface area contributed by atoms with E-state index < -0.39 is 11.8 Å². The molecule has 2 aromatic carbocycles. The molecule has 0 saturated carbocycles. The van der Waals surface area contributed by atoms with Crippen LogP contribution in [-0.4, -0.2) is 16.8 Å². The molecule has 0 atom stereocenters. The van der Waals surface area contributed by atoms with E-state index in [2.05, 4.69) is 15.6 Å². The lowest BCUT2D eigenvalue weighted by atomic mass is 10.2. The minimum Gasteiger partial charge on any atom is -0.347 e. The molecule has 136 valence electrons. The lowest BCUT2D eigenvalue weighted by Crippen LogP contribution is -2.25. The van der Waals surface area contributed by atoms with Crippen molar-refractivity contribution in [3.8, 4) is 0 Å². The van der Waals surface area contributed by atoms with Gasteiger partial charge in [0.1, 0.15) is 17.2 Å². The summed E-state index contributed by atoms with van der Waals surface area (Å²) in [7, 11) is 0. The number of carbonyl (C=O) groups is 2. The molecule has 6 heteroatoms. The van der Waals surface area contributed by atoms with Crippen molar-refractivity contribution in [2.24, 2.45) is 0 Å². The molecule has 0 aliphatic heterocycles. The minimum absolute atomic E-state index is 0.133. The fraction of sp³-hybridized carbons (Fsp3) is 0.0952. The Morgan fingerprint density at radius 3 is 2.19 bits per heavy atom. The summed E-state index contributed by atoms with van der Waals surface area (Å²) in [6.45, 7) is 2.20. The number of amides is 2. The number of hydrogen-bond acceptors (Lipinski definition) is 3. The van der Waals surface area contributed by atoms with Gasteiger partial charge in [-0.05, 0) is 48.9 Å². The molecule has 2 N–H and O–H groups in total. The maximum Gasteiger partial charge on any atom is 0.274 e. The SMILES string of the molecule is Cc1ccc(NC(=O)c2cccc(C(=O)NCc3ccc(F)cc3)n2)cc1. The Morgan fingerprint density at radius 2 is 1.52 bits per heavy atom. The van der Waals surface area contributed by atoms with Gasteiger partial charge in [-0.3, -0.25) is 9.59 Å². The smallest absolute Gasteiger partial charge is 0.274 e. The van der Waals surface area contributed by atoms with Gasteiger partial charge in [-0.2, -0.15) is 0 Å². The van der Waals surface area contributed by atoms with E-state index in [-0.39, 0.29) is 23.7 Å². The van der Waals surface area contributed by atoms with Gasteiger partial charge in [-0.25, -0.2) is 9.37 Å². The molecule has 3 aromatic rings. The molecule has 1 aromatic heterocycles. The normalized spacial score (nSPS) is 10.3. The highest BCUT2D eigenvalue weighted by Crippen LogP contribution is 2.10. The summed E-state index contributed by atoms with van der Waals surface area (Å²) < 4.78 is 12.9. The summed E-state index contributed by atoms with van der Waals surface area (Å²) in [5.41, 5.74) is 2.78. The van der Waals surface area contributed by atoms with Crippen LogP contribution in [0, 0.1) is 12.7 Å². The van der Waals surface area contributed by atoms with Gasteiger partial charge in [0.25, 0.3) is 11.8 Å². The third kappa shape index (κ3) is 4.98. The zero-order chi connectivity index (χ0) is 19.2. The molecule has 0 radical (unpaired) electrons. The molecule has 1 heterocycles. The molecule has 2 amide bonds. The third-order valence-corrected chi connectivity index (χ3v) is 3.89. The van der Waals surface area contributed by atoms with Crippen LogP contribution in [0.4, 0.5) is 10.1 Å². The molecule has 0 saturated heterocycles.